The summed E-state index contributed by atoms with van der Waals surface area (Å²) >= 11 is 0. The van der Waals surface area contributed by atoms with Crippen LogP contribution in [0.1, 0.15) is 39.5 Å². The fourth-order valence-electron chi connectivity index (χ4n) is 2.80. The average Bonchev–Trinajstić information content (AvgIpc) is 2.39. The minimum atomic E-state index is -3.16. The molecular formula is C15H23NO2S. The van der Waals surface area contributed by atoms with Gasteiger partial charge in [-0.15, -0.1) is 0 Å². The van der Waals surface area contributed by atoms with Crippen LogP contribution in [-0.4, -0.2) is 20.2 Å². The van der Waals surface area contributed by atoms with Crippen molar-refractivity contribution >= 4 is 15.5 Å². The van der Waals surface area contributed by atoms with E-state index in [1.165, 1.54) is 12.8 Å². The summed E-state index contributed by atoms with van der Waals surface area (Å²) in [5.74, 6) is 0.869. The topological polar surface area (TPSA) is 46.2 Å². The van der Waals surface area contributed by atoms with E-state index in [0.29, 0.717) is 10.9 Å². The standard InChI is InChI=1S/C15H23NO2S/c1-3-19(17,18)15-10-5-4-9-14(15)16-13-8-6-7-12(2)11-13/h4-5,9-10,12-13,16H,3,6-8,11H2,1-2H3. The van der Waals surface area contributed by atoms with Crippen molar-refractivity contribution in [1.82, 2.24) is 0 Å². The summed E-state index contributed by atoms with van der Waals surface area (Å²) in [7, 11) is -3.16. The van der Waals surface area contributed by atoms with Crippen LogP contribution in [0.15, 0.2) is 29.2 Å². The summed E-state index contributed by atoms with van der Waals surface area (Å²) in [5.41, 5.74) is 0.767. The van der Waals surface area contributed by atoms with Gasteiger partial charge >= 0.3 is 0 Å². The van der Waals surface area contributed by atoms with Crippen LogP contribution in [0.25, 0.3) is 0 Å². The summed E-state index contributed by atoms with van der Waals surface area (Å²) in [4.78, 5) is 0.440. The lowest BCUT2D eigenvalue weighted by molar-refractivity contribution is 0.358. The maximum Gasteiger partial charge on any atom is 0.180 e. The third kappa shape index (κ3) is 3.50. The zero-order chi connectivity index (χ0) is 13.9. The van der Waals surface area contributed by atoms with Gasteiger partial charge in [-0.3, -0.25) is 0 Å². The van der Waals surface area contributed by atoms with Crippen molar-refractivity contribution in [2.45, 2.75) is 50.5 Å². The summed E-state index contributed by atoms with van der Waals surface area (Å²) in [5, 5.41) is 3.44. The Morgan fingerprint density at radius 3 is 2.68 bits per heavy atom. The molecule has 2 atom stereocenters. The molecule has 0 radical (unpaired) electrons. The average molecular weight is 281 g/mol. The molecule has 19 heavy (non-hydrogen) atoms. The number of benzene rings is 1. The molecule has 0 saturated heterocycles. The monoisotopic (exact) mass is 281 g/mol. The molecule has 0 bridgehead atoms. The molecule has 4 heteroatoms. The summed E-state index contributed by atoms with van der Waals surface area (Å²) < 4.78 is 24.2. The molecular weight excluding hydrogens is 258 g/mol. The first-order valence-corrected chi connectivity index (χ1v) is 8.76. The van der Waals surface area contributed by atoms with Crippen LogP contribution in [0.4, 0.5) is 5.69 Å². The highest BCUT2D eigenvalue weighted by Gasteiger charge is 2.22. The van der Waals surface area contributed by atoms with Gasteiger partial charge in [0.05, 0.1) is 16.3 Å². The second kappa shape index (κ2) is 5.95. The van der Waals surface area contributed by atoms with Crippen LogP contribution in [0.5, 0.6) is 0 Å². The Labute approximate surface area is 116 Å². The van der Waals surface area contributed by atoms with Gasteiger partial charge in [0.25, 0.3) is 0 Å². The maximum absolute atomic E-state index is 12.1. The Hall–Kier alpha value is -1.03. The fraction of sp³-hybridized carbons (Fsp3) is 0.600. The lowest BCUT2D eigenvalue weighted by Crippen LogP contribution is -2.27. The minimum Gasteiger partial charge on any atom is -0.381 e. The highest BCUT2D eigenvalue weighted by molar-refractivity contribution is 7.91. The van der Waals surface area contributed by atoms with E-state index >= 15 is 0 Å². The van der Waals surface area contributed by atoms with Crippen LogP contribution >= 0.6 is 0 Å². The van der Waals surface area contributed by atoms with Crippen molar-refractivity contribution in [3.63, 3.8) is 0 Å². The summed E-state index contributed by atoms with van der Waals surface area (Å²) in [6.45, 7) is 3.96. The Balaban J connectivity index is 2.21. The van der Waals surface area contributed by atoms with Crippen molar-refractivity contribution in [3.05, 3.63) is 24.3 Å². The van der Waals surface area contributed by atoms with E-state index in [-0.39, 0.29) is 5.75 Å². The SMILES string of the molecule is CCS(=O)(=O)c1ccccc1NC1CCCC(C)C1. The van der Waals surface area contributed by atoms with Gasteiger partial charge < -0.3 is 5.32 Å². The second-order valence-electron chi connectivity index (χ2n) is 5.51. The van der Waals surface area contributed by atoms with Crippen LogP contribution in [0, 0.1) is 5.92 Å². The van der Waals surface area contributed by atoms with Crippen molar-refractivity contribution in [2.75, 3.05) is 11.1 Å². The molecule has 1 aromatic carbocycles. The van der Waals surface area contributed by atoms with Crippen molar-refractivity contribution in [3.8, 4) is 0 Å². The molecule has 0 aliphatic heterocycles. The van der Waals surface area contributed by atoms with E-state index in [1.807, 2.05) is 12.1 Å². The van der Waals surface area contributed by atoms with Gasteiger partial charge in [0, 0.05) is 6.04 Å². The molecule has 2 rings (SSSR count). The minimum absolute atomic E-state index is 0.146. The quantitative estimate of drug-likeness (QED) is 0.919. The van der Waals surface area contributed by atoms with Gasteiger partial charge in [-0.1, -0.05) is 38.8 Å². The van der Waals surface area contributed by atoms with E-state index in [0.717, 1.165) is 24.4 Å². The van der Waals surface area contributed by atoms with Crippen LogP contribution < -0.4 is 5.32 Å². The van der Waals surface area contributed by atoms with Crippen molar-refractivity contribution in [2.24, 2.45) is 5.92 Å². The Morgan fingerprint density at radius 1 is 1.26 bits per heavy atom. The Morgan fingerprint density at radius 2 is 2.00 bits per heavy atom. The van der Waals surface area contributed by atoms with Crippen LogP contribution in [0.3, 0.4) is 0 Å². The van der Waals surface area contributed by atoms with Gasteiger partial charge in [0.15, 0.2) is 9.84 Å². The molecule has 0 aromatic heterocycles. The van der Waals surface area contributed by atoms with Crippen LogP contribution in [0.2, 0.25) is 0 Å². The molecule has 1 fully saturated rings. The third-order valence-corrected chi connectivity index (χ3v) is 5.68. The molecule has 0 heterocycles. The normalized spacial score (nSPS) is 24.1. The number of nitrogens with one attached hydrogen (secondary N) is 1. The second-order valence-corrected chi connectivity index (χ2v) is 7.76. The maximum atomic E-state index is 12.1. The molecule has 1 saturated carbocycles. The zero-order valence-corrected chi connectivity index (χ0v) is 12.5. The summed E-state index contributed by atoms with van der Waals surface area (Å²) in [6.07, 6.45) is 4.76. The molecule has 106 valence electrons. The Bertz CT molecular complexity index is 525. The predicted molar refractivity (Wildman–Crippen MR) is 79.2 cm³/mol. The largest absolute Gasteiger partial charge is 0.381 e. The molecule has 2 unspecified atom stereocenters. The first-order valence-electron chi connectivity index (χ1n) is 7.11. The molecule has 1 aliphatic carbocycles. The summed E-state index contributed by atoms with van der Waals surface area (Å²) in [6, 6.07) is 7.66. The van der Waals surface area contributed by atoms with Gasteiger partial charge in [-0.2, -0.15) is 0 Å². The van der Waals surface area contributed by atoms with Gasteiger partial charge in [0.1, 0.15) is 0 Å². The number of rotatable bonds is 4. The number of anilines is 1. The third-order valence-electron chi connectivity index (χ3n) is 3.90. The first kappa shape index (κ1) is 14.4. The highest BCUT2D eigenvalue weighted by Crippen LogP contribution is 2.29. The van der Waals surface area contributed by atoms with Crippen molar-refractivity contribution < 1.29 is 8.42 Å². The van der Waals surface area contributed by atoms with Gasteiger partial charge in [-0.05, 0) is 30.9 Å². The lowest BCUT2D eigenvalue weighted by atomic mass is 9.87. The van der Waals surface area contributed by atoms with E-state index in [4.69, 9.17) is 0 Å². The molecule has 0 amide bonds. The van der Waals surface area contributed by atoms with E-state index < -0.39 is 9.84 Å². The lowest BCUT2D eigenvalue weighted by Gasteiger charge is -2.29. The fourth-order valence-corrected chi connectivity index (χ4v) is 3.86. The van der Waals surface area contributed by atoms with Gasteiger partial charge in [-0.25, -0.2) is 8.42 Å². The molecule has 3 nitrogen and oxygen atoms in total. The first-order chi connectivity index (χ1) is 9.03. The number of hydrogen-bond donors (Lipinski definition) is 1. The predicted octanol–water partition coefficient (Wildman–Crippen LogP) is 3.47. The van der Waals surface area contributed by atoms with Crippen molar-refractivity contribution in [1.29, 1.82) is 0 Å². The number of para-hydroxylation sites is 1. The molecule has 0 spiro atoms. The molecule has 1 N–H and O–H groups in total. The van der Waals surface area contributed by atoms with Crippen LogP contribution in [-0.2, 0) is 9.84 Å². The smallest absolute Gasteiger partial charge is 0.180 e. The number of hydrogen-bond acceptors (Lipinski definition) is 3. The highest BCUT2D eigenvalue weighted by atomic mass is 32.2. The van der Waals surface area contributed by atoms with E-state index in [1.54, 1.807) is 19.1 Å². The van der Waals surface area contributed by atoms with E-state index in [2.05, 4.69) is 12.2 Å². The van der Waals surface area contributed by atoms with Gasteiger partial charge in [0.2, 0.25) is 0 Å². The number of sulfone groups is 1. The molecule has 1 aliphatic rings. The Kier molecular flexibility index (Phi) is 4.50. The molecule has 1 aromatic rings. The van der Waals surface area contributed by atoms with E-state index in [9.17, 15) is 8.42 Å². The zero-order valence-electron chi connectivity index (χ0n) is 11.7.